The van der Waals surface area contributed by atoms with E-state index < -0.39 is 12.2 Å². The molecule has 1 aliphatic heterocycles. The summed E-state index contributed by atoms with van der Waals surface area (Å²) < 4.78 is 15.7. The summed E-state index contributed by atoms with van der Waals surface area (Å²) in [5, 5.41) is 9.87. The predicted octanol–water partition coefficient (Wildman–Crippen LogP) is 1.53. The van der Waals surface area contributed by atoms with Gasteiger partial charge in [-0.05, 0) is 17.7 Å². The van der Waals surface area contributed by atoms with Crippen LogP contribution in [-0.4, -0.2) is 37.1 Å². The molecule has 0 spiro atoms. The standard InChI is InChI=1S/C14H18O4/c1-3-12(14(15)13-9-18-13)17-8-10-4-6-11(16-2)7-5-10/h3-7,12-15H,1,8-9H2,2H3/t12-,13?,14+/m1/s1. The fourth-order valence-corrected chi connectivity index (χ4v) is 1.68. The second-order valence-electron chi connectivity index (χ2n) is 4.22. The van der Waals surface area contributed by atoms with E-state index in [-0.39, 0.29) is 6.10 Å². The van der Waals surface area contributed by atoms with Crippen molar-refractivity contribution in [3.63, 3.8) is 0 Å². The van der Waals surface area contributed by atoms with E-state index in [2.05, 4.69) is 6.58 Å². The van der Waals surface area contributed by atoms with Crippen molar-refractivity contribution in [1.29, 1.82) is 0 Å². The van der Waals surface area contributed by atoms with E-state index in [1.165, 1.54) is 0 Å². The molecule has 0 bridgehead atoms. The summed E-state index contributed by atoms with van der Waals surface area (Å²) in [6.07, 6.45) is 0.458. The van der Waals surface area contributed by atoms with Crippen molar-refractivity contribution in [2.24, 2.45) is 0 Å². The molecule has 0 saturated carbocycles. The first-order valence-corrected chi connectivity index (χ1v) is 5.91. The van der Waals surface area contributed by atoms with Gasteiger partial charge in [-0.1, -0.05) is 18.2 Å². The Bertz CT molecular complexity index is 383. The van der Waals surface area contributed by atoms with E-state index >= 15 is 0 Å². The van der Waals surface area contributed by atoms with Gasteiger partial charge in [-0.15, -0.1) is 6.58 Å². The van der Waals surface area contributed by atoms with E-state index in [4.69, 9.17) is 14.2 Å². The Balaban J connectivity index is 1.86. The molecule has 1 aliphatic rings. The largest absolute Gasteiger partial charge is 0.497 e. The van der Waals surface area contributed by atoms with Gasteiger partial charge in [0, 0.05) is 0 Å². The van der Waals surface area contributed by atoms with Gasteiger partial charge in [0.2, 0.25) is 0 Å². The van der Waals surface area contributed by atoms with Gasteiger partial charge in [0.05, 0.1) is 20.3 Å². The van der Waals surface area contributed by atoms with Crippen LogP contribution in [0.15, 0.2) is 36.9 Å². The maximum Gasteiger partial charge on any atom is 0.118 e. The van der Waals surface area contributed by atoms with E-state index in [9.17, 15) is 5.11 Å². The van der Waals surface area contributed by atoms with Gasteiger partial charge in [0.1, 0.15) is 24.1 Å². The van der Waals surface area contributed by atoms with Crippen LogP contribution >= 0.6 is 0 Å². The molecular formula is C14H18O4. The Hall–Kier alpha value is -1.36. The van der Waals surface area contributed by atoms with Crippen molar-refractivity contribution in [3.05, 3.63) is 42.5 Å². The third-order valence-electron chi connectivity index (χ3n) is 2.91. The summed E-state index contributed by atoms with van der Waals surface area (Å²) in [7, 11) is 1.63. The van der Waals surface area contributed by atoms with Gasteiger partial charge in [0.25, 0.3) is 0 Å². The number of hydrogen-bond acceptors (Lipinski definition) is 4. The fourth-order valence-electron chi connectivity index (χ4n) is 1.68. The lowest BCUT2D eigenvalue weighted by molar-refractivity contribution is -0.0291. The molecule has 1 N–H and O–H groups in total. The molecule has 1 aromatic carbocycles. The normalized spacial score (nSPS) is 21.1. The minimum absolute atomic E-state index is 0.108. The second kappa shape index (κ2) is 6.00. The molecule has 0 amide bonds. The Morgan fingerprint density at radius 1 is 1.50 bits per heavy atom. The van der Waals surface area contributed by atoms with Gasteiger partial charge in [-0.25, -0.2) is 0 Å². The zero-order chi connectivity index (χ0) is 13.0. The predicted molar refractivity (Wildman–Crippen MR) is 67.5 cm³/mol. The van der Waals surface area contributed by atoms with Crippen LogP contribution in [0, 0.1) is 0 Å². The Kier molecular flexibility index (Phi) is 4.36. The minimum Gasteiger partial charge on any atom is -0.497 e. The smallest absolute Gasteiger partial charge is 0.118 e. The van der Waals surface area contributed by atoms with Crippen LogP contribution in [0.4, 0.5) is 0 Å². The SMILES string of the molecule is C=C[C@@H](OCc1ccc(OC)cc1)[C@H](O)C1CO1. The lowest BCUT2D eigenvalue weighted by atomic mass is 10.1. The van der Waals surface area contributed by atoms with Crippen LogP contribution in [0.1, 0.15) is 5.56 Å². The first-order chi connectivity index (χ1) is 8.74. The summed E-state index contributed by atoms with van der Waals surface area (Å²) in [6, 6.07) is 7.61. The molecule has 0 radical (unpaired) electrons. The molecule has 4 nitrogen and oxygen atoms in total. The zero-order valence-corrected chi connectivity index (χ0v) is 10.4. The van der Waals surface area contributed by atoms with E-state index in [1.807, 2.05) is 24.3 Å². The fraction of sp³-hybridized carbons (Fsp3) is 0.429. The number of aliphatic hydroxyl groups is 1. The number of benzene rings is 1. The molecule has 3 atom stereocenters. The van der Waals surface area contributed by atoms with Gasteiger partial charge < -0.3 is 19.3 Å². The van der Waals surface area contributed by atoms with Crippen molar-refractivity contribution in [1.82, 2.24) is 0 Å². The first-order valence-electron chi connectivity index (χ1n) is 5.91. The highest BCUT2D eigenvalue weighted by Crippen LogP contribution is 2.20. The van der Waals surface area contributed by atoms with Gasteiger partial charge in [-0.3, -0.25) is 0 Å². The Morgan fingerprint density at radius 3 is 2.67 bits per heavy atom. The van der Waals surface area contributed by atoms with Crippen LogP contribution in [-0.2, 0) is 16.1 Å². The van der Waals surface area contributed by atoms with Crippen molar-refractivity contribution < 1.29 is 19.3 Å². The van der Waals surface area contributed by atoms with E-state index in [0.717, 1.165) is 11.3 Å². The number of aliphatic hydroxyl groups excluding tert-OH is 1. The number of epoxide rings is 1. The topological polar surface area (TPSA) is 51.2 Å². The molecule has 1 fully saturated rings. The number of methoxy groups -OCH3 is 1. The van der Waals surface area contributed by atoms with E-state index in [0.29, 0.717) is 13.2 Å². The Labute approximate surface area is 107 Å². The molecule has 98 valence electrons. The zero-order valence-electron chi connectivity index (χ0n) is 10.4. The van der Waals surface area contributed by atoms with Gasteiger partial charge in [-0.2, -0.15) is 0 Å². The summed E-state index contributed by atoms with van der Waals surface area (Å²) >= 11 is 0. The third kappa shape index (κ3) is 3.32. The lowest BCUT2D eigenvalue weighted by Crippen LogP contribution is -2.31. The number of ether oxygens (including phenoxy) is 3. The van der Waals surface area contributed by atoms with Crippen molar-refractivity contribution in [2.75, 3.05) is 13.7 Å². The maximum atomic E-state index is 9.87. The summed E-state index contributed by atoms with van der Waals surface area (Å²) in [5.74, 6) is 0.811. The molecular weight excluding hydrogens is 232 g/mol. The van der Waals surface area contributed by atoms with Crippen LogP contribution in [0.3, 0.4) is 0 Å². The molecule has 2 rings (SSSR count). The molecule has 1 aromatic rings. The number of rotatable bonds is 7. The highest BCUT2D eigenvalue weighted by Gasteiger charge is 2.36. The van der Waals surface area contributed by atoms with Gasteiger partial charge in [0.15, 0.2) is 0 Å². The average molecular weight is 250 g/mol. The van der Waals surface area contributed by atoms with Crippen molar-refractivity contribution in [2.45, 2.75) is 24.9 Å². The number of hydrogen-bond donors (Lipinski definition) is 1. The van der Waals surface area contributed by atoms with Crippen LogP contribution in [0.2, 0.25) is 0 Å². The molecule has 0 aromatic heterocycles. The van der Waals surface area contributed by atoms with Crippen molar-refractivity contribution >= 4 is 0 Å². The average Bonchev–Trinajstić information content (AvgIpc) is 3.24. The molecule has 0 aliphatic carbocycles. The summed E-state index contributed by atoms with van der Waals surface area (Å²) in [6.45, 7) is 4.69. The molecule has 4 heteroatoms. The monoisotopic (exact) mass is 250 g/mol. The van der Waals surface area contributed by atoms with Crippen LogP contribution < -0.4 is 4.74 Å². The van der Waals surface area contributed by atoms with Crippen molar-refractivity contribution in [3.8, 4) is 5.75 Å². The molecule has 18 heavy (non-hydrogen) atoms. The maximum absolute atomic E-state index is 9.87. The van der Waals surface area contributed by atoms with Crippen LogP contribution in [0.5, 0.6) is 5.75 Å². The molecule has 1 unspecified atom stereocenters. The molecule has 1 saturated heterocycles. The van der Waals surface area contributed by atoms with Crippen LogP contribution in [0.25, 0.3) is 0 Å². The minimum atomic E-state index is -0.638. The third-order valence-corrected chi connectivity index (χ3v) is 2.91. The Morgan fingerprint density at radius 2 is 2.17 bits per heavy atom. The second-order valence-corrected chi connectivity index (χ2v) is 4.22. The molecule has 1 heterocycles. The highest BCUT2D eigenvalue weighted by atomic mass is 16.6. The first kappa shape index (κ1) is 13.1. The lowest BCUT2D eigenvalue weighted by Gasteiger charge is -2.18. The quantitative estimate of drug-likeness (QED) is 0.589. The summed E-state index contributed by atoms with van der Waals surface area (Å²) in [4.78, 5) is 0. The van der Waals surface area contributed by atoms with Gasteiger partial charge >= 0.3 is 0 Å². The van der Waals surface area contributed by atoms with E-state index in [1.54, 1.807) is 13.2 Å². The highest BCUT2D eigenvalue weighted by molar-refractivity contribution is 5.26. The summed E-state index contributed by atoms with van der Waals surface area (Å²) in [5.41, 5.74) is 1.02.